The fourth-order valence-corrected chi connectivity index (χ4v) is 5.94. The molecule has 0 saturated heterocycles. The molecule has 0 aliphatic heterocycles. The predicted molar refractivity (Wildman–Crippen MR) is 164 cm³/mol. The van der Waals surface area contributed by atoms with Gasteiger partial charge >= 0.3 is 0 Å². The number of rotatable bonds is 4. The number of fused-ring (bicyclic) bond motifs is 5. The maximum absolute atomic E-state index is 8.39. The number of nitrogens with zero attached hydrogens (tertiary/aromatic N) is 2. The summed E-state index contributed by atoms with van der Waals surface area (Å²) in [5.41, 5.74) is 7.71. The fourth-order valence-electron chi connectivity index (χ4n) is 5.94. The molecule has 0 atom stereocenters. The van der Waals surface area contributed by atoms with Crippen molar-refractivity contribution < 1.29 is 8.53 Å². The van der Waals surface area contributed by atoms with Gasteiger partial charge in [-0.3, -0.25) is 4.57 Å². The summed E-state index contributed by atoms with van der Waals surface area (Å²) in [6, 6.07) is 30.4. The van der Waals surface area contributed by atoms with Crippen molar-refractivity contribution in [1.82, 2.24) is 9.55 Å². The second-order valence-corrected chi connectivity index (χ2v) is 11.0. The molecule has 0 fully saturated rings. The molecular formula is C36H32N2O. The molecule has 0 bridgehead atoms. The van der Waals surface area contributed by atoms with Crippen LogP contribution in [0.3, 0.4) is 0 Å². The zero-order valence-electron chi connectivity index (χ0n) is 25.6. The first-order valence-electron chi connectivity index (χ1n) is 15.1. The predicted octanol–water partition coefficient (Wildman–Crippen LogP) is 10.3. The molecule has 7 rings (SSSR count). The summed E-state index contributed by atoms with van der Waals surface area (Å²) in [5.74, 6) is 1.30. The number of para-hydroxylation sites is 3. The van der Waals surface area contributed by atoms with E-state index < -0.39 is 6.85 Å². The van der Waals surface area contributed by atoms with Crippen LogP contribution in [0.1, 0.15) is 60.3 Å². The summed E-state index contributed by atoms with van der Waals surface area (Å²) in [4.78, 5) is 5.19. The molecule has 192 valence electrons. The Morgan fingerprint density at radius 1 is 0.769 bits per heavy atom. The lowest BCUT2D eigenvalue weighted by Gasteiger charge is -2.22. The highest BCUT2D eigenvalue weighted by Crippen LogP contribution is 2.42. The molecule has 0 aliphatic rings. The van der Waals surface area contributed by atoms with Crippen molar-refractivity contribution in [2.24, 2.45) is 0 Å². The van der Waals surface area contributed by atoms with E-state index in [4.69, 9.17) is 13.5 Å². The minimum atomic E-state index is -2.31. The van der Waals surface area contributed by atoms with Gasteiger partial charge in [0.05, 0.1) is 22.3 Å². The molecule has 0 unspecified atom stereocenters. The number of imidazole rings is 1. The lowest BCUT2D eigenvalue weighted by molar-refractivity contribution is 0.670. The molecule has 0 N–H and O–H groups in total. The zero-order chi connectivity index (χ0) is 29.3. The summed E-state index contributed by atoms with van der Waals surface area (Å²) < 4.78 is 34.1. The van der Waals surface area contributed by atoms with Gasteiger partial charge in [-0.05, 0) is 76.5 Å². The van der Waals surface area contributed by atoms with Crippen LogP contribution in [-0.4, -0.2) is 9.55 Å². The van der Waals surface area contributed by atoms with E-state index >= 15 is 0 Å². The van der Waals surface area contributed by atoms with Gasteiger partial charge in [-0.1, -0.05) is 88.4 Å². The standard InChI is InChI=1S/C36H32N2O/c1-21(2)26-13-10-14-27(22(3)4)34(26)38-31-16-9-8-15-30(31)37-36(38)28-18-17-23(5)33-29-19-24-11-6-7-12-25(24)20-32(29)39-35(28)33/h6-22H,1-5H3/i5D3. The van der Waals surface area contributed by atoms with Crippen LogP contribution in [0.25, 0.3) is 60.8 Å². The Balaban J connectivity index is 1.65. The molecule has 2 aromatic heterocycles. The van der Waals surface area contributed by atoms with Crippen molar-refractivity contribution in [3.8, 4) is 17.1 Å². The lowest BCUT2D eigenvalue weighted by Crippen LogP contribution is -2.08. The van der Waals surface area contributed by atoms with Crippen LogP contribution in [0, 0.1) is 6.85 Å². The summed E-state index contributed by atoms with van der Waals surface area (Å²) in [6.07, 6.45) is 0. The molecule has 0 saturated carbocycles. The van der Waals surface area contributed by atoms with Crippen LogP contribution in [0.5, 0.6) is 0 Å². The normalized spacial score (nSPS) is 13.6. The van der Waals surface area contributed by atoms with Crippen LogP contribution in [0.15, 0.2) is 95.4 Å². The Labute approximate surface area is 232 Å². The molecule has 0 aliphatic carbocycles. The molecule has 2 heterocycles. The van der Waals surface area contributed by atoms with E-state index in [1.165, 1.54) is 11.1 Å². The van der Waals surface area contributed by atoms with E-state index in [-0.39, 0.29) is 17.4 Å². The first kappa shape index (κ1) is 20.6. The third-order valence-electron chi connectivity index (χ3n) is 7.85. The first-order valence-corrected chi connectivity index (χ1v) is 13.6. The molecule has 7 aromatic rings. The van der Waals surface area contributed by atoms with Crippen molar-refractivity contribution in [3.63, 3.8) is 0 Å². The minimum absolute atomic E-state index is 0.281. The van der Waals surface area contributed by atoms with Gasteiger partial charge in [0, 0.05) is 14.9 Å². The second kappa shape index (κ2) is 8.84. The van der Waals surface area contributed by atoms with E-state index in [9.17, 15) is 0 Å². The molecular weight excluding hydrogens is 476 g/mol. The topological polar surface area (TPSA) is 31.0 Å². The van der Waals surface area contributed by atoms with E-state index in [1.807, 2.05) is 60.7 Å². The molecule has 3 nitrogen and oxygen atoms in total. The van der Waals surface area contributed by atoms with E-state index in [2.05, 4.69) is 56.5 Å². The Kier molecular flexibility index (Phi) is 4.67. The van der Waals surface area contributed by atoms with Gasteiger partial charge < -0.3 is 4.42 Å². The van der Waals surface area contributed by atoms with Crippen LogP contribution in [-0.2, 0) is 0 Å². The number of hydrogen-bond donors (Lipinski definition) is 0. The van der Waals surface area contributed by atoms with E-state index in [0.717, 1.165) is 44.3 Å². The zero-order valence-corrected chi connectivity index (χ0v) is 22.6. The van der Waals surface area contributed by atoms with E-state index in [1.54, 1.807) is 6.07 Å². The second-order valence-electron chi connectivity index (χ2n) is 11.0. The van der Waals surface area contributed by atoms with Gasteiger partial charge in [0.2, 0.25) is 0 Å². The van der Waals surface area contributed by atoms with Gasteiger partial charge in [-0.25, -0.2) is 4.98 Å². The Morgan fingerprint density at radius 2 is 1.46 bits per heavy atom. The van der Waals surface area contributed by atoms with Crippen LogP contribution in [0.2, 0.25) is 0 Å². The average Bonchev–Trinajstić information content (AvgIpc) is 3.52. The summed E-state index contributed by atoms with van der Waals surface area (Å²) in [7, 11) is 0. The van der Waals surface area contributed by atoms with Gasteiger partial charge in [-0.2, -0.15) is 0 Å². The largest absolute Gasteiger partial charge is 0.455 e. The van der Waals surface area contributed by atoms with Crippen LogP contribution < -0.4 is 0 Å². The number of aryl methyl sites for hydroxylation is 1. The van der Waals surface area contributed by atoms with Crippen molar-refractivity contribution in [2.45, 2.75) is 46.4 Å². The third kappa shape index (κ3) is 3.60. The maximum Gasteiger partial charge on any atom is 0.149 e. The quantitative estimate of drug-likeness (QED) is 0.235. The summed E-state index contributed by atoms with van der Waals surface area (Å²) in [5, 5.41) is 3.49. The highest BCUT2D eigenvalue weighted by atomic mass is 16.3. The lowest BCUT2D eigenvalue weighted by atomic mass is 9.92. The van der Waals surface area contributed by atoms with Gasteiger partial charge in [-0.15, -0.1) is 0 Å². The Hall–Kier alpha value is -4.37. The molecule has 39 heavy (non-hydrogen) atoms. The van der Waals surface area contributed by atoms with Crippen molar-refractivity contribution in [2.75, 3.05) is 0 Å². The summed E-state index contributed by atoms with van der Waals surface area (Å²) >= 11 is 0. The summed E-state index contributed by atoms with van der Waals surface area (Å²) in [6.45, 7) is 6.56. The smallest absolute Gasteiger partial charge is 0.149 e. The van der Waals surface area contributed by atoms with Crippen molar-refractivity contribution in [1.29, 1.82) is 0 Å². The average molecular weight is 512 g/mol. The molecule has 5 aromatic carbocycles. The highest BCUT2D eigenvalue weighted by Gasteiger charge is 2.24. The van der Waals surface area contributed by atoms with Gasteiger partial charge in [0.15, 0.2) is 0 Å². The molecule has 0 spiro atoms. The third-order valence-corrected chi connectivity index (χ3v) is 7.85. The maximum atomic E-state index is 8.39. The number of aromatic nitrogens is 2. The monoisotopic (exact) mass is 511 g/mol. The van der Waals surface area contributed by atoms with Crippen molar-refractivity contribution >= 4 is 43.7 Å². The van der Waals surface area contributed by atoms with Crippen molar-refractivity contribution in [3.05, 3.63) is 108 Å². The number of hydrogen-bond acceptors (Lipinski definition) is 2. The fraction of sp³-hybridized carbons (Fsp3) is 0.194. The molecule has 3 heteroatoms. The first-order chi connectivity index (χ1) is 20.1. The Bertz CT molecular complexity index is 2120. The number of benzene rings is 5. The van der Waals surface area contributed by atoms with Gasteiger partial charge in [0.1, 0.15) is 17.0 Å². The Morgan fingerprint density at radius 3 is 2.18 bits per heavy atom. The van der Waals surface area contributed by atoms with Crippen LogP contribution >= 0.6 is 0 Å². The number of furan rings is 1. The molecule has 0 amide bonds. The minimum Gasteiger partial charge on any atom is -0.455 e. The highest BCUT2D eigenvalue weighted by molar-refractivity contribution is 6.14. The van der Waals surface area contributed by atoms with E-state index in [0.29, 0.717) is 16.6 Å². The SMILES string of the molecule is [2H]C([2H])([2H])c1ccc(-c2nc3ccccc3n2-c2c(C(C)C)cccc2C(C)C)c2oc3cc4ccccc4cc3c12. The molecule has 0 radical (unpaired) electrons. The van der Waals surface area contributed by atoms with Gasteiger partial charge in [0.25, 0.3) is 0 Å². The van der Waals surface area contributed by atoms with Crippen LogP contribution in [0.4, 0.5) is 0 Å².